The molecular weight excluding hydrogens is 1880 g/mol. The highest BCUT2D eigenvalue weighted by atomic mass is 19.4. The first-order valence-corrected chi connectivity index (χ1v) is 53.3. The first-order valence-electron chi connectivity index (χ1n) is 53.3. The van der Waals surface area contributed by atoms with Crippen LogP contribution in [0.4, 0.5) is 23.2 Å². The predicted molar refractivity (Wildman–Crippen MR) is 583 cm³/mol. The number of hydrogen-bond donors (Lipinski definition) is 3. The molecule has 1 aliphatic carbocycles. The van der Waals surface area contributed by atoms with Crippen LogP contribution >= 0.6 is 0 Å². The van der Waals surface area contributed by atoms with Crippen molar-refractivity contribution < 1.29 is 80.3 Å². The number of amides is 7. The van der Waals surface area contributed by atoms with Crippen molar-refractivity contribution in [3.63, 3.8) is 0 Å². The number of aliphatic hydroxyl groups is 2. The first kappa shape index (κ1) is 121. The van der Waals surface area contributed by atoms with E-state index in [1.807, 2.05) is 169 Å². The Morgan fingerprint density at radius 1 is 0.412 bits per heavy atom. The number of carbonyl (C=O) groups is 7. The fourth-order valence-corrected chi connectivity index (χ4v) is 19.1. The third kappa shape index (κ3) is 35.8. The quantitative estimate of drug-likeness (QED) is 0.0761. The Labute approximate surface area is 880 Å². The van der Waals surface area contributed by atoms with E-state index in [4.69, 9.17) is 18.9 Å². The summed E-state index contributed by atoms with van der Waals surface area (Å²) in [6.45, 7) is 54.1. The fraction of sp³-hybridized carbons (Fsp3) is 0.570. The summed E-state index contributed by atoms with van der Waals surface area (Å²) in [5, 5.41) is 26.1. The van der Waals surface area contributed by atoms with E-state index >= 15 is 0 Å². The van der Waals surface area contributed by atoms with Gasteiger partial charge in [-0.05, 0) is 253 Å². The highest BCUT2D eigenvalue weighted by Crippen LogP contribution is 2.39. The molecule has 2 atom stereocenters. The average Bonchev–Trinajstić information content (AvgIpc) is 0.931. The van der Waals surface area contributed by atoms with Crippen LogP contribution in [0.15, 0.2) is 170 Å². The molecule has 3 N–H and O–H groups in total. The van der Waals surface area contributed by atoms with Gasteiger partial charge in [-0.25, -0.2) is 4.39 Å². The second kappa shape index (κ2) is 54.5. The van der Waals surface area contributed by atoms with Crippen molar-refractivity contribution in [3.05, 3.63) is 259 Å². The van der Waals surface area contributed by atoms with Crippen molar-refractivity contribution in [1.29, 1.82) is 0 Å². The van der Waals surface area contributed by atoms with E-state index in [-0.39, 0.29) is 111 Å². The monoisotopic (exact) mass is 2050 g/mol. The lowest BCUT2D eigenvalue weighted by Crippen LogP contribution is -2.45. The number of rotatable bonds is 16. The Bertz CT molecular complexity index is 5510. The third-order valence-electron chi connectivity index (χ3n) is 28.7. The second-order valence-corrected chi connectivity index (χ2v) is 47.4. The number of alkyl halides is 3. The molecule has 148 heavy (non-hydrogen) atoms. The van der Waals surface area contributed by atoms with Crippen molar-refractivity contribution >= 4 is 47.0 Å². The van der Waals surface area contributed by atoms with E-state index in [9.17, 15) is 61.3 Å². The molecule has 7 aromatic carbocycles. The lowest BCUT2D eigenvalue weighted by molar-refractivity contribution is -0.138. The minimum Gasteiger partial charge on any atom is -0.395 e. The van der Waals surface area contributed by atoms with E-state index in [1.54, 1.807) is 43.5 Å². The molecule has 0 spiro atoms. The Balaban J connectivity index is 0.000000192. The largest absolute Gasteiger partial charge is 0.417 e. The van der Waals surface area contributed by atoms with Crippen molar-refractivity contribution in [2.24, 2.45) is 0 Å². The summed E-state index contributed by atoms with van der Waals surface area (Å²) < 4.78 is 77.0. The SMILES string of the molecule is CC(C)(C)c1ccc(C(=O)N(CCO)C2CCCCC2)cc1.CC(C)(C)c1ccc(C(=O)N2CCCCC2CO)cc1.CC(C)(C)c1ccc(C(=O)N2CCOCC2)c(C(F)(F)F)c1.CC(C)(C)c1ccc(C(=O)N2CCOCC2)cc1F.CN1CCC(n2cc(NC(=O)c3ccc(C(C)(C)C)cc3)cn2)CC1.COC1CCN(C(=O)c2ccc(C(C)(C)C)cc2)CC1.COC[C@@H]1CCCN1C(=O)c1ccc(C(C)(C)C)cc1. The molecular formula is C121H172F4N10O13. The zero-order valence-corrected chi connectivity index (χ0v) is 93.1. The standard InChI is InChI=1S/C20H28N4O.C19H29NO2.3C17H25NO2.C16H20F3NO2.C15H20FNO2/c1-20(2,3)16-7-5-15(6-8-16)19(25)22-17-13-21-24(14-17)18-9-11-23(4)12-10-18;1-19(2,3)16-11-9-15(10-12-16)18(22)20(13-14-21)17-7-5-4-6-8-17;1-17(2,3)14-7-5-13(6-8-14)16(19)18-11-9-15(20-4)10-12-18;1-17(2,3)14-9-7-13(8-10-14)16(19)18-11-5-6-15(18)12-20-4;1-17(2,3)14-9-7-13(8-10-14)16(20)18-11-5-4-6-15(18)12-19;1-15(2,3)11-4-5-12(13(10-11)16(17,18)19)14(21)20-6-8-22-9-7-20;1-15(2,3)12-5-4-11(10-13(12)16)14(18)17-6-8-19-9-7-17/h5-8,13-14,18H,9-12H2,1-4H3,(H,22,25);9-12,17,21H,4-8,13-14H2,1-3H3;5-8,15H,9-12H2,1-4H3;7-10,15H,5-6,11-12H2,1-4H3;7-10,15,19H,4-6,11-12H2,1-3H3;4-5,10H,6-9H2,1-3H3;4-5,10H,6-9H2,1-3H3/t;;;15-;;;/m...0.../s1. The molecule has 7 amide bonds. The van der Waals surface area contributed by atoms with Gasteiger partial charge in [-0.2, -0.15) is 18.3 Å². The number of carbonyl (C=O) groups excluding carboxylic acids is 7. The number of nitrogens with zero attached hydrogens (tertiary/aromatic N) is 9. The van der Waals surface area contributed by atoms with Gasteiger partial charge in [0.15, 0.2) is 0 Å². The van der Waals surface area contributed by atoms with Crippen molar-refractivity contribution in [2.45, 2.75) is 310 Å². The van der Waals surface area contributed by atoms with Crippen molar-refractivity contribution in [1.82, 2.24) is 44.1 Å². The predicted octanol–water partition coefficient (Wildman–Crippen LogP) is 23.0. The van der Waals surface area contributed by atoms with Crippen LogP contribution in [0.5, 0.6) is 0 Å². The van der Waals surface area contributed by atoms with Gasteiger partial charge in [-0.1, -0.05) is 237 Å². The highest BCUT2D eigenvalue weighted by Gasteiger charge is 2.40. The fourth-order valence-electron chi connectivity index (χ4n) is 19.1. The number of piperidine rings is 3. The Kier molecular flexibility index (Phi) is 44.5. The summed E-state index contributed by atoms with van der Waals surface area (Å²) >= 11 is 0. The topological polar surface area (TPSA) is 249 Å². The molecule has 23 nitrogen and oxygen atoms in total. The van der Waals surface area contributed by atoms with Gasteiger partial charge in [-0.15, -0.1) is 0 Å². The van der Waals surface area contributed by atoms with E-state index in [0.717, 1.165) is 144 Å². The first-order chi connectivity index (χ1) is 69.5. The van der Waals surface area contributed by atoms with Crippen LogP contribution in [0.2, 0.25) is 0 Å². The molecule has 8 aromatic rings. The van der Waals surface area contributed by atoms with Crippen LogP contribution in [0, 0.1) is 5.82 Å². The van der Waals surface area contributed by atoms with Gasteiger partial charge in [0.2, 0.25) is 0 Å². The number of hydrogen-bond acceptors (Lipinski definition) is 15. The smallest absolute Gasteiger partial charge is 0.395 e. The Hall–Kier alpha value is -10.5. The van der Waals surface area contributed by atoms with E-state index in [0.29, 0.717) is 100 Å². The molecule has 1 aromatic heterocycles. The molecule has 15 rings (SSSR count). The van der Waals surface area contributed by atoms with Crippen molar-refractivity contribution in [2.75, 3.05) is 145 Å². The number of morpholine rings is 2. The van der Waals surface area contributed by atoms with Gasteiger partial charge in [0, 0.05) is 119 Å². The van der Waals surface area contributed by atoms with E-state index in [1.165, 1.54) is 64.1 Å². The van der Waals surface area contributed by atoms with Crippen LogP contribution in [0.1, 0.15) is 358 Å². The van der Waals surface area contributed by atoms with Crippen LogP contribution in [0.25, 0.3) is 0 Å². The Morgan fingerprint density at radius 3 is 1.24 bits per heavy atom. The Morgan fingerprint density at radius 2 is 0.811 bits per heavy atom. The molecule has 0 radical (unpaired) electrons. The maximum Gasteiger partial charge on any atom is 0.417 e. The highest BCUT2D eigenvalue weighted by molar-refractivity contribution is 6.04. The molecule has 6 saturated heterocycles. The summed E-state index contributed by atoms with van der Waals surface area (Å²) in [6.07, 6.45) is 14.4. The number of aliphatic hydroxyl groups excluding tert-OH is 2. The third-order valence-corrected chi connectivity index (χ3v) is 28.7. The molecule has 27 heteroatoms. The van der Waals surface area contributed by atoms with Crippen LogP contribution in [0.3, 0.4) is 0 Å². The number of methoxy groups -OCH3 is 2. The molecule has 1 unspecified atom stereocenters. The minimum absolute atomic E-state index is 0.0152. The minimum atomic E-state index is -4.56. The number of likely N-dealkylation sites (tertiary alicyclic amines) is 4. The summed E-state index contributed by atoms with van der Waals surface area (Å²) in [7, 11) is 5.59. The summed E-state index contributed by atoms with van der Waals surface area (Å²) in [4.78, 5) is 100. The number of anilines is 1. The molecule has 7 fully saturated rings. The number of halogens is 4. The number of nitrogens with one attached hydrogen (secondary N) is 1. The normalized spacial score (nSPS) is 17.6. The zero-order chi connectivity index (χ0) is 109. The molecule has 6 aliphatic heterocycles. The van der Waals surface area contributed by atoms with Gasteiger partial charge in [0.25, 0.3) is 41.4 Å². The molecule has 1 saturated carbocycles. The number of aromatic nitrogens is 2. The van der Waals surface area contributed by atoms with Gasteiger partial charge >= 0.3 is 6.18 Å². The summed E-state index contributed by atoms with van der Waals surface area (Å²) in [6, 6.07) is 49.4. The second-order valence-electron chi connectivity index (χ2n) is 47.4. The van der Waals surface area contributed by atoms with Gasteiger partial charge in [0.1, 0.15) is 5.82 Å². The lowest BCUT2D eigenvalue weighted by atomic mass is 9.85. The van der Waals surface area contributed by atoms with Gasteiger partial charge < -0.3 is 68.8 Å². The number of ether oxygens (including phenoxy) is 4. The molecule has 7 aliphatic rings. The average molecular weight is 2050 g/mol. The van der Waals surface area contributed by atoms with Crippen LogP contribution in [-0.2, 0) is 63.0 Å². The molecule has 7 heterocycles. The maximum absolute atomic E-state index is 14.1. The van der Waals surface area contributed by atoms with Crippen molar-refractivity contribution in [3.8, 4) is 0 Å². The van der Waals surface area contributed by atoms with E-state index < -0.39 is 23.1 Å². The van der Waals surface area contributed by atoms with Crippen LogP contribution < -0.4 is 5.32 Å². The maximum atomic E-state index is 14.1. The molecule has 0 bridgehead atoms. The number of benzene rings is 7. The van der Waals surface area contributed by atoms with E-state index in [2.05, 4.69) is 150 Å². The van der Waals surface area contributed by atoms with Crippen LogP contribution in [-0.4, -0.2) is 259 Å². The van der Waals surface area contributed by atoms with Gasteiger partial charge in [0.05, 0.1) is 93.5 Å². The zero-order valence-electron chi connectivity index (χ0n) is 93.1. The summed E-state index contributed by atoms with van der Waals surface area (Å²) in [5.74, 6) is -0.746. The van der Waals surface area contributed by atoms with Gasteiger partial charge in [-0.3, -0.25) is 38.2 Å². The molecule has 812 valence electrons. The lowest BCUT2D eigenvalue weighted by Gasteiger charge is -2.34. The summed E-state index contributed by atoms with van der Waals surface area (Å²) in [5.41, 5.74) is 10.9.